The summed E-state index contributed by atoms with van der Waals surface area (Å²) < 4.78 is 16.0. The van der Waals surface area contributed by atoms with Crippen LogP contribution in [0.5, 0.6) is 17.2 Å². The van der Waals surface area contributed by atoms with Gasteiger partial charge in [-0.1, -0.05) is 12.1 Å². The lowest BCUT2D eigenvalue weighted by Crippen LogP contribution is -2.10. The lowest BCUT2D eigenvalue weighted by atomic mass is 10.2. The van der Waals surface area contributed by atoms with Gasteiger partial charge in [-0.3, -0.25) is 5.43 Å². The number of carboxylic acids is 1. The normalized spacial score (nSPS) is 10.5. The highest BCUT2D eigenvalue weighted by Gasteiger charge is 2.16. The fraction of sp³-hybridized carbons (Fsp3) is 0.0870. The topological polar surface area (TPSA) is 106 Å². The molecule has 0 aliphatic rings. The van der Waals surface area contributed by atoms with Gasteiger partial charge in [0.1, 0.15) is 11.3 Å². The van der Waals surface area contributed by atoms with Gasteiger partial charge in [0.15, 0.2) is 11.5 Å². The highest BCUT2D eigenvalue weighted by Crippen LogP contribution is 2.29. The summed E-state index contributed by atoms with van der Waals surface area (Å²) in [5.41, 5.74) is 4.64. The van der Waals surface area contributed by atoms with Gasteiger partial charge in [0.25, 0.3) is 0 Å². The van der Waals surface area contributed by atoms with Gasteiger partial charge >= 0.3 is 11.9 Å². The van der Waals surface area contributed by atoms with Crippen molar-refractivity contribution in [3.63, 3.8) is 0 Å². The summed E-state index contributed by atoms with van der Waals surface area (Å²) in [6.07, 6.45) is 1.56. The molecule has 2 N–H and O–H groups in total. The Balaban J connectivity index is 1.70. The van der Waals surface area contributed by atoms with Crippen molar-refractivity contribution >= 4 is 23.8 Å². The Hall–Kier alpha value is -4.33. The van der Waals surface area contributed by atoms with E-state index in [-0.39, 0.29) is 11.3 Å². The van der Waals surface area contributed by atoms with E-state index in [1.807, 2.05) is 0 Å². The Morgan fingerprint density at radius 1 is 0.903 bits per heavy atom. The third-order valence-electron chi connectivity index (χ3n) is 4.26. The Bertz CT molecular complexity index is 1110. The average Bonchev–Trinajstić information content (AvgIpc) is 2.80. The number of hydrazone groups is 1. The first-order valence-electron chi connectivity index (χ1n) is 9.17. The van der Waals surface area contributed by atoms with Crippen LogP contribution in [0.4, 0.5) is 5.69 Å². The molecule has 8 heteroatoms. The molecule has 3 rings (SSSR count). The van der Waals surface area contributed by atoms with E-state index in [9.17, 15) is 9.59 Å². The SMILES string of the molecule is COc1cc(/C=N/Nc2ccc(C(=O)O)cc2)ccc1OC(=O)c1ccccc1OC. The zero-order valence-electron chi connectivity index (χ0n) is 16.9. The van der Waals surface area contributed by atoms with E-state index in [1.165, 1.54) is 26.4 Å². The van der Waals surface area contributed by atoms with Crippen LogP contribution in [0, 0.1) is 0 Å². The van der Waals surface area contributed by atoms with Crippen molar-refractivity contribution in [3.05, 3.63) is 83.4 Å². The van der Waals surface area contributed by atoms with E-state index in [4.69, 9.17) is 19.3 Å². The number of rotatable bonds is 8. The Kier molecular flexibility index (Phi) is 6.85. The largest absolute Gasteiger partial charge is 0.496 e. The van der Waals surface area contributed by atoms with Gasteiger partial charge in [0.05, 0.1) is 31.7 Å². The van der Waals surface area contributed by atoms with Crippen molar-refractivity contribution in [2.45, 2.75) is 0 Å². The average molecular weight is 420 g/mol. The molecule has 3 aromatic carbocycles. The number of anilines is 1. The van der Waals surface area contributed by atoms with Crippen molar-refractivity contribution in [1.29, 1.82) is 0 Å². The van der Waals surface area contributed by atoms with E-state index in [1.54, 1.807) is 60.8 Å². The molecule has 0 heterocycles. The lowest BCUT2D eigenvalue weighted by molar-refractivity contribution is 0.0693. The molecule has 0 amide bonds. The molecule has 0 saturated heterocycles. The molecule has 0 aliphatic heterocycles. The zero-order valence-corrected chi connectivity index (χ0v) is 16.9. The van der Waals surface area contributed by atoms with Gasteiger partial charge in [0, 0.05) is 0 Å². The number of hydrogen-bond acceptors (Lipinski definition) is 7. The third kappa shape index (κ3) is 5.39. The van der Waals surface area contributed by atoms with Crippen molar-refractivity contribution in [2.24, 2.45) is 5.10 Å². The number of methoxy groups -OCH3 is 2. The Morgan fingerprint density at radius 2 is 1.61 bits per heavy atom. The van der Waals surface area contributed by atoms with Crippen molar-refractivity contribution in [3.8, 4) is 17.2 Å². The molecule has 8 nitrogen and oxygen atoms in total. The number of esters is 1. The second kappa shape index (κ2) is 9.93. The van der Waals surface area contributed by atoms with Crippen molar-refractivity contribution in [1.82, 2.24) is 0 Å². The summed E-state index contributed by atoms with van der Waals surface area (Å²) in [5.74, 6) is -0.527. The minimum atomic E-state index is -0.992. The maximum absolute atomic E-state index is 12.5. The highest BCUT2D eigenvalue weighted by atomic mass is 16.6. The number of hydrogen-bond donors (Lipinski definition) is 2. The number of carbonyl (C=O) groups is 2. The number of para-hydroxylation sites is 1. The molecular formula is C23H20N2O6. The fourth-order valence-corrected chi connectivity index (χ4v) is 2.69. The summed E-state index contributed by atoms with van der Waals surface area (Å²) in [6.45, 7) is 0. The van der Waals surface area contributed by atoms with Crippen molar-refractivity contribution < 1.29 is 28.9 Å². The van der Waals surface area contributed by atoms with Crippen LogP contribution in [0.3, 0.4) is 0 Å². The number of nitrogens with one attached hydrogen (secondary N) is 1. The number of nitrogens with zero attached hydrogens (tertiary/aromatic N) is 1. The first kappa shape index (κ1) is 21.4. The number of benzene rings is 3. The molecule has 0 unspecified atom stereocenters. The molecular weight excluding hydrogens is 400 g/mol. The first-order valence-corrected chi connectivity index (χ1v) is 9.17. The molecule has 158 valence electrons. The maximum Gasteiger partial charge on any atom is 0.347 e. The molecule has 0 spiro atoms. The van der Waals surface area contributed by atoms with Crippen LogP contribution < -0.4 is 19.6 Å². The molecule has 31 heavy (non-hydrogen) atoms. The Morgan fingerprint density at radius 3 is 2.29 bits per heavy atom. The molecule has 0 radical (unpaired) electrons. The number of carbonyl (C=O) groups excluding carboxylic acids is 1. The van der Waals surface area contributed by atoms with Crippen LogP contribution in [-0.2, 0) is 0 Å². The fourth-order valence-electron chi connectivity index (χ4n) is 2.69. The summed E-state index contributed by atoms with van der Waals surface area (Å²) in [4.78, 5) is 23.4. The van der Waals surface area contributed by atoms with Crippen LogP contribution in [0.25, 0.3) is 0 Å². The van der Waals surface area contributed by atoms with Gasteiger partial charge in [-0.25, -0.2) is 9.59 Å². The summed E-state index contributed by atoms with van der Waals surface area (Å²) in [5, 5.41) is 13.0. The van der Waals surface area contributed by atoms with Crippen LogP contribution in [0.15, 0.2) is 71.8 Å². The first-order chi connectivity index (χ1) is 15.0. The van der Waals surface area contributed by atoms with Crippen LogP contribution in [-0.4, -0.2) is 37.5 Å². The standard InChI is InChI=1S/C23H20N2O6/c1-29-19-6-4-3-5-18(19)23(28)31-20-12-7-15(13-21(20)30-2)14-24-25-17-10-8-16(9-11-17)22(26)27/h3-14,25H,1-2H3,(H,26,27)/b24-14+. The van der Waals surface area contributed by atoms with Gasteiger partial charge in [-0.2, -0.15) is 5.10 Å². The second-order valence-electron chi connectivity index (χ2n) is 6.25. The second-order valence-corrected chi connectivity index (χ2v) is 6.25. The maximum atomic E-state index is 12.5. The third-order valence-corrected chi connectivity index (χ3v) is 4.26. The van der Waals surface area contributed by atoms with Crippen LogP contribution in [0.1, 0.15) is 26.3 Å². The number of carboxylic acid groups (broad SMARTS) is 1. The summed E-state index contributed by atoms with van der Waals surface area (Å²) in [7, 11) is 2.95. The summed E-state index contributed by atoms with van der Waals surface area (Å²) in [6, 6.07) is 18.0. The van der Waals surface area contributed by atoms with E-state index in [0.29, 0.717) is 28.3 Å². The van der Waals surface area contributed by atoms with Gasteiger partial charge in [0.2, 0.25) is 0 Å². The van der Waals surface area contributed by atoms with Gasteiger partial charge in [-0.05, 0) is 60.2 Å². The monoisotopic (exact) mass is 420 g/mol. The molecule has 0 aromatic heterocycles. The van der Waals surface area contributed by atoms with Gasteiger partial charge in [-0.15, -0.1) is 0 Å². The number of aromatic carboxylic acids is 1. The lowest BCUT2D eigenvalue weighted by Gasteiger charge is -2.11. The number of ether oxygens (including phenoxy) is 3. The Labute approximate surface area is 178 Å². The summed E-state index contributed by atoms with van der Waals surface area (Å²) >= 11 is 0. The van der Waals surface area contributed by atoms with Crippen LogP contribution in [0.2, 0.25) is 0 Å². The van der Waals surface area contributed by atoms with E-state index >= 15 is 0 Å². The molecule has 0 saturated carbocycles. The molecule has 0 fully saturated rings. The van der Waals surface area contributed by atoms with E-state index < -0.39 is 11.9 Å². The smallest absolute Gasteiger partial charge is 0.347 e. The predicted octanol–water partition coefficient (Wildman–Crippen LogP) is 4.07. The molecule has 3 aromatic rings. The minimum absolute atomic E-state index is 0.192. The van der Waals surface area contributed by atoms with Gasteiger partial charge < -0.3 is 19.3 Å². The van der Waals surface area contributed by atoms with Crippen molar-refractivity contribution in [2.75, 3.05) is 19.6 Å². The molecule has 0 atom stereocenters. The zero-order chi connectivity index (χ0) is 22.2. The highest BCUT2D eigenvalue weighted by molar-refractivity contribution is 5.94. The molecule has 0 aliphatic carbocycles. The predicted molar refractivity (Wildman–Crippen MR) is 116 cm³/mol. The molecule has 0 bridgehead atoms. The quantitative estimate of drug-likeness (QED) is 0.245. The van der Waals surface area contributed by atoms with Crippen LogP contribution >= 0.6 is 0 Å². The minimum Gasteiger partial charge on any atom is -0.496 e. The van der Waals surface area contributed by atoms with E-state index in [2.05, 4.69) is 10.5 Å². The van der Waals surface area contributed by atoms with E-state index in [0.717, 1.165) is 0 Å².